The van der Waals surface area contributed by atoms with Crippen LogP contribution in [0.4, 0.5) is 10.2 Å². The summed E-state index contributed by atoms with van der Waals surface area (Å²) in [6, 6.07) is 4.85. The van der Waals surface area contributed by atoms with Crippen molar-refractivity contribution in [3.63, 3.8) is 0 Å². The third kappa shape index (κ3) is 2.34. The van der Waals surface area contributed by atoms with Gasteiger partial charge in [-0.3, -0.25) is 0 Å². The van der Waals surface area contributed by atoms with E-state index in [0.717, 1.165) is 11.3 Å². The molecule has 1 N–H and O–H groups in total. The van der Waals surface area contributed by atoms with Gasteiger partial charge in [-0.25, -0.2) is 9.37 Å². The van der Waals surface area contributed by atoms with E-state index in [4.69, 9.17) is 4.42 Å². The van der Waals surface area contributed by atoms with Gasteiger partial charge in [0.2, 0.25) is 0 Å². The monoisotopic (exact) mass is 206 g/mol. The van der Waals surface area contributed by atoms with Crippen molar-refractivity contribution in [1.29, 1.82) is 0 Å². The Morgan fingerprint density at radius 2 is 2.27 bits per heavy atom. The van der Waals surface area contributed by atoms with E-state index in [9.17, 15) is 4.39 Å². The topological polar surface area (TPSA) is 38.1 Å². The van der Waals surface area contributed by atoms with Gasteiger partial charge in [0.1, 0.15) is 17.4 Å². The van der Waals surface area contributed by atoms with E-state index in [0.29, 0.717) is 12.4 Å². The molecule has 0 saturated carbocycles. The molecule has 0 fully saturated rings. The smallest absolute Gasteiger partial charge is 0.141 e. The first kappa shape index (κ1) is 9.71. The summed E-state index contributed by atoms with van der Waals surface area (Å²) in [5.74, 6) is 1.16. The maximum atomic E-state index is 12.6. The molecule has 78 valence electrons. The molecule has 2 aromatic rings. The summed E-state index contributed by atoms with van der Waals surface area (Å²) < 4.78 is 17.8. The van der Waals surface area contributed by atoms with Crippen LogP contribution in [-0.4, -0.2) is 4.98 Å². The molecule has 2 rings (SSSR count). The maximum absolute atomic E-state index is 12.6. The van der Waals surface area contributed by atoms with Gasteiger partial charge < -0.3 is 9.73 Å². The zero-order valence-corrected chi connectivity index (χ0v) is 8.33. The molecular weight excluding hydrogens is 195 g/mol. The van der Waals surface area contributed by atoms with E-state index in [1.807, 2.05) is 13.0 Å². The number of hydrogen-bond acceptors (Lipinski definition) is 3. The molecule has 0 aliphatic heterocycles. The fraction of sp³-hybridized carbons (Fsp3) is 0.182. The minimum absolute atomic E-state index is 0.338. The van der Waals surface area contributed by atoms with Crippen molar-refractivity contribution in [3.8, 4) is 0 Å². The summed E-state index contributed by atoms with van der Waals surface area (Å²) in [5.41, 5.74) is 1.09. The van der Waals surface area contributed by atoms with E-state index in [2.05, 4.69) is 10.3 Å². The Balaban J connectivity index is 1.99. The molecule has 0 spiro atoms. The molecule has 2 heterocycles. The predicted octanol–water partition coefficient (Wildman–Crippen LogP) is 2.73. The van der Waals surface area contributed by atoms with Crippen molar-refractivity contribution in [3.05, 3.63) is 47.8 Å². The lowest BCUT2D eigenvalue weighted by Gasteiger charge is -2.03. The van der Waals surface area contributed by atoms with Crippen LogP contribution in [0, 0.1) is 12.7 Å². The van der Waals surface area contributed by atoms with Crippen LogP contribution in [0.2, 0.25) is 0 Å². The van der Waals surface area contributed by atoms with E-state index < -0.39 is 0 Å². The minimum atomic E-state index is -0.338. The number of anilines is 1. The van der Waals surface area contributed by atoms with Gasteiger partial charge in [0.15, 0.2) is 0 Å². The Morgan fingerprint density at radius 1 is 1.40 bits per heavy atom. The van der Waals surface area contributed by atoms with Gasteiger partial charge in [-0.2, -0.15) is 0 Å². The van der Waals surface area contributed by atoms with Crippen molar-refractivity contribution in [2.24, 2.45) is 0 Å². The quantitative estimate of drug-likeness (QED) is 0.839. The molecule has 4 heteroatoms. The third-order valence-corrected chi connectivity index (χ3v) is 2.13. The summed E-state index contributed by atoms with van der Waals surface area (Å²) in [4.78, 5) is 3.88. The van der Waals surface area contributed by atoms with Gasteiger partial charge in [-0.15, -0.1) is 0 Å². The number of aromatic nitrogens is 1. The Morgan fingerprint density at radius 3 is 2.87 bits per heavy atom. The second-order valence-corrected chi connectivity index (χ2v) is 3.24. The van der Waals surface area contributed by atoms with Crippen LogP contribution in [0.15, 0.2) is 35.1 Å². The average molecular weight is 206 g/mol. The summed E-state index contributed by atoms with van der Waals surface area (Å²) in [6.07, 6.45) is 2.82. The lowest BCUT2D eigenvalue weighted by Crippen LogP contribution is -2.01. The van der Waals surface area contributed by atoms with Crippen molar-refractivity contribution in [1.82, 2.24) is 4.98 Å². The molecule has 0 bridgehead atoms. The first-order valence-electron chi connectivity index (χ1n) is 4.64. The SMILES string of the molecule is Cc1ccoc1CNc1ccc(F)cn1. The first-order chi connectivity index (χ1) is 7.25. The molecule has 2 aromatic heterocycles. The van der Waals surface area contributed by atoms with E-state index in [-0.39, 0.29) is 5.82 Å². The van der Waals surface area contributed by atoms with E-state index in [1.54, 1.807) is 12.3 Å². The molecule has 3 nitrogen and oxygen atoms in total. The fourth-order valence-electron chi connectivity index (χ4n) is 1.24. The molecule has 0 aromatic carbocycles. The van der Waals surface area contributed by atoms with Crippen LogP contribution in [-0.2, 0) is 6.54 Å². The highest BCUT2D eigenvalue weighted by molar-refractivity contribution is 5.34. The van der Waals surface area contributed by atoms with Crippen LogP contribution in [0.3, 0.4) is 0 Å². The van der Waals surface area contributed by atoms with Gasteiger partial charge >= 0.3 is 0 Å². The largest absolute Gasteiger partial charge is 0.467 e. The lowest BCUT2D eigenvalue weighted by atomic mass is 10.3. The summed E-state index contributed by atoms with van der Waals surface area (Å²) in [5, 5.41) is 3.04. The summed E-state index contributed by atoms with van der Waals surface area (Å²) in [6.45, 7) is 2.52. The van der Waals surface area contributed by atoms with Crippen LogP contribution in [0.5, 0.6) is 0 Å². The Kier molecular flexibility index (Phi) is 2.67. The summed E-state index contributed by atoms with van der Waals surface area (Å²) >= 11 is 0. The zero-order chi connectivity index (χ0) is 10.7. The number of aryl methyl sites for hydroxylation is 1. The number of halogens is 1. The molecular formula is C11H11FN2O. The predicted molar refractivity (Wildman–Crippen MR) is 55.0 cm³/mol. The molecule has 0 saturated heterocycles. The van der Waals surface area contributed by atoms with Crippen LogP contribution in [0.25, 0.3) is 0 Å². The van der Waals surface area contributed by atoms with E-state index >= 15 is 0 Å². The van der Waals surface area contributed by atoms with Crippen LogP contribution < -0.4 is 5.32 Å². The minimum Gasteiger partial charge on any atom is -0.467 e. The standard InChI is InChI=1S/C11H11FN2O/c1-8-4-5-15-10(8)7-14-11-3-2-9(12)6-13-11/h2-6H,7H2,1H3,(H,13,14). The first-order valence-corrected chi connectivity index (χ1v) is 4.64. The highest BCUT2D eigenvalue weighted by Gasteiger charge is 2.01. The third-order valence-electron chi connectivity index (χ3n) is 2.13. The second-order valence-electron chi connectivity index (χ2n) is 3.24. The van der Waals surface area contributed by atoms with Gasteiger partial charge in [0.05, 0.1) is 19.0 Å². The number of nitrogens with one attached hydrogen (secondary N) is 1. The van der Waals surface area contributed by atoms with Crippen molar-refractivity contribution < 1.29 is 8.81 Å². The summed E-state index contributed by atoms with van der Waals surface area (Å²) in [7, 11) is 0. The van der Waals surface area contributed by atoms with Crippen molar-refractivity contribution in [2.45, 2.75) is 13.5 Å². The maximum Gasteiger partial charge on any atom is 0.141 e. The Bertz CT molecular complexity index is 436. The number of furan rings is 1. The number of rotatable bonds is 3. The van der Waals surface area contributed by atoms with Gasteiger partial charge in [0.25, 0.3) is 0 Å². The molecule has 0 aliphatic rings. The molecule has 15 heavy (non-hydrogen) atoms. The van der Waals surface area contributed by atoms with Crippen molar-refractivity contribution in [2.75, 3.05) is 5.32 Å². The highest BCUT2D eigenvalue weighted by Crippen LogP contribution is 2.11. The average Bonchev–Trinajstić information content (AvgIpc) is 2.63. The van der Waals surface area contributed by atoms with Gasteiger partial charge in [-0.05, 0) is 30.7 Å². The Hall–Kier alpha value is -1.84. The fourth-order valence-corrected chi connectivity index (χ4v) is 1.24. The van der Waals surface area contributed by atoms with Gasteiger partial charge in [-0.1, -0.05) is 0 Å². The van der Waals surface area contributed by atoms with Crippen LogP contribution >= 0.6 is 0 Å². The number of hydrogen-bond donors (Lipinski definition) is 1. The lowest BCUT2D eigenvalue weighted by molar-refractivity contribution is 0.515. The molecule has 0 unspecified atom stereocenters. The second kappa shape index (κ2) is 4.13. The Labute approximate surface area is 86.9 Å². The normalized spacial score (nSPS) is 10.3. The molecule has 0 aliphatic carbocycles. The molecule has 0 amide bonds. The van der Waals surface area contributed by atoms with E-state index in [1.165, 1.54) is 12.3 Å². The molecule has 0 atom stereocenters. The molecule has 0 radical (unpaired) electrons. The number of nitrogens with zero attached hydrogens (tertiary/aromatic N) is 1. The van der Waals surface area contributed by atoms with Crippen molar-refractivity contribution >= 4 is 5.82 Å². The number of pyridine rings is 1. The highest BCUT2D eigenvalue weighted by atomic mass is 19.1. The zero-order valence-electron chi connectivity index (χ0n) is 8.33. The van der Waals surface area contributed by atoms with Crippen LogP contribution in [0.1, 0.15) is 11.3 Å². The van der Waals surface area contributed by atoms with Gasteiger partial charge in [0, 0.05) is 0 Å².